The normalized spacial score (nSPS) is 24.0. The Morgan fingerprint density at radius 1 is 1.12 bits per heavy atom. The molecule has 0 spiro atoms. The van der Waals surface area contributed by atoms with Gasteiger partial charge >= 0.3 is 0 Å². The van der Waals surface area contributed by atoms with Gasteiger partial charge in [-0.1, -0.05) is 13.8 Å². The molecule has 2 aromatic heterocycles. The molecule has 2 atom stereocenters. The fourth-order valence-electron chi connectivity index (χ4n) is 3.03. The van der Waals surface area contributed by atoms with E-state index in [2.05, 4.69) is 36.2 Å². The molecule has 0 bridgehead atoms. The van der Waals surface area contributed by atoms with E-state index in [0.717, 1.165) is 11.5 Å². The van der Waals surface area contributed by atoms with E-state index < -0.39 is 0 Å². The van der Waals surface area contributed by atoms with Gasteiger partial charge in [-0.3, -0.25) is 4.40 Å². The van der Waals surface area contributed by atoms with Gasteiger partial charge in [0.15, 0.2) is 0 Å². The second kappa shape index (κ2) is 3.56. The summed E-state index contributed by atoms with van der Waals surface area (Å²) in [5.74, 6) is 2.05. The number of imidazole rings is 1. The average Bonchev–Trinajstić information content (AvgIpc) is 2.64. The molecule has 1 aliphatic rings. The Labute approximate surface area is 102 Å². The van der Waals surface area contributed by atoms with E-state index in [1.807, 2.05) is 6.92 Å². The summed E-state index contributed by atoms with van der Waals surface area (Å²) < 4.78 is 2.25. The molecule has 2 aromatic rings. The molecular formula is C14H19N3. The van der Waals surface area contributed by atoms with Crippen LogP contribution in [0.2, 0.25) is 0 Å². The van der Waals surface area contributed by atoms with Crippen LogP contribution >= 0.6 is 0 Å². The Morgan fingerprint density at radius 2 is 1.82 bits per heavy atom. The van der Waals surface area contributed by atoms with Gasteiger partial charge in [-0.25, -0.2) is 9.97 Å². The van der Waals surface area contributed by atoms with Crippen LogP contribution in [0.4, 0.5) is 0 Å². The van der Waals surface area contributed by atoms with E-state index in [-0.39, 0.29) is 0 Å². The average molecular weight is 229 g/mol. The summed E-state index contributed by atoms with van der Waals surface area (Å²) >= 11 is 0. The summed E-state index contributed by atoms with van der Waals surface area (Å²) in [5, 5.41) is 0. The summed E-state index contributed by atoms with van der Waals surface area (Å²) in [5.41, 5.74) is 4.97. The number of rotatable bonds is 0. The minimum Gasteiger partial charge on any atom is -0.285 e. The number of aryl methyl sites for hydroxylation is 2. The molecule has 0 saturated carbocycles. The topological polar surface area (TPSA) is 30.2 Å². The lowest BCUT2D eigenvalue weighted by Crippen LogP contribution is -2.12. The number of fused-ring (bicyclic) bond motifs is 3. The second-order valence-corrected chi connectivity index (χ2v) is 5.44. The van der Waals surface area contributed by atoms with Crippen LogP contribution in [0.5, 0.6) is 0 Å². The first-order valence-electron chi connectivity index (χ1n) is 6.44. The van der Waals surface area contributed by atoms with Crippen molar-refractivity contribution in [2.75, 3.05) is 0 Å². The van der Waals surface area contributed by atoms with Crippen molar-refractivity contribution in [2.24, 2.45) is 0 Å². The van der Waals surface area contributed by atoms with Crippen molar-refractivity contribution in [3.63, 3.8) is 0 Å². The summed E-state index contributed by atoms with van der Waals surface area (Å²) in [6.45, 7) is 8.76. The third-order valence-electron chi connectivity index (χ3n) is 3.94. The smallest absolute Gasteiger partial charge is 0.234 e. The molecule has 0 amide bonds. The van der Waals surface area contributed by atoms with Gasteiger partial charge in [0, 0.05) is 17.3 Å². The van der Waals surface area contributed by atoms with Crippen molar-refractivity contribution >= 4 is 5.78 Å². The number of nitrogens with zero attached hydrogens (tertiary/aromatic N) is 3. The lowest BCUT2D eigenvalue weighted by atomic mass is 9.85. The summed E-state index contributed by atoms with van der Waals surface area (Å²) in [6, 6.07) is 2.14. The Bertz CT molecular complexity index is 583. The maximum atomic E-state index is 4.76. The van der Waals surface area contributed by atoms with Crippen molar-refractivity contribution in [1.82, 2.24) is 14.4 Å². The molecule has 0 N–H and O–H groups in total. The van der Waals surface area contributed by atoms with Gasteiger partial charge in [0.2, 0.25) is 5.78 Å². The van der Waals surface area contributed by atoms with E-state index in [4.69, 9.17) is 4.98 Å². The van der Waals surface area contributed by atoms with Crippen molar-refractivity contribution in [1.29, 1.82) is 0 Å². The predicted octanol–water partition coefficient (Wildman–Crippen LogP) is 3.35. The van der Waals surface area contributed by atoms with Crippen LogP contribution in [-0.4, -0.2) is 14.4 Å². The van der Waals surface area contributed by atoms with Gasteiger partial charge in [0.1, 0.15) is 0 Å². The summed E-state index contributed by atoms with van der Waals surface area (Å²) in [7, 11) is 0. The van der Waals surface area contributed by atoms with Gasteiger partial charge in [-0.15, -0.1) is 0 Å². The zero-order chi connectivity index (χ0) is 12.2. The van der Waals surface area contributed by atoms with Crippen LogP contribution in [0.3, 0.4) is 0 Å². The molecule has 0 saturated heterocycles. The third kappa shape index (κ3) is 1.48. The first-order chi connectivity index (χ1) is 8.08. The first-order valence-corrected chi connectivity index (χ1v) is 6.44. The van der Waals surface area contributed by atoms with Gasteiger partial charge < -0.3 is 0 Å². The van der Waals surface area contributed by atoms with E-state index >= 15 is 0 Å². The largest absolute Gasteiger partial charge is 0.285 e. The zero-order valence-electron chi connectivity index (χ0n) is 11.0. The van der Waals surface area contributed by atoms with Crippen LogP contribution in [0.1, 0.15) is 61.3 Å². The van der Waals surface area contributed by atoms with E-state index in [0.29, 0.717) is 11.8 Å². The van der Waals surface area contributed by atoms with Crippen molar-refractivity contribution in [2.45, 2.75) is 52.4 Å². The van der Waals surface area contributed by atoms with E-state index in [1.165, 1.54) is 29.9 Å². The van der Waals surface area contributed by atoms with E-state index in [9.17, 15) is 0 Å². The molecule has 0 aromatic carbocycles. The van der Waals surface area contributed by atoms with Crippen LogP contribution in [-0.2, 0) is 0 Å². The van der Waals surface area contributed by atoms with Crippen LogP contribution in [0.15, 0.2) is 6.07 Å². The molecule has 3 heteroatoms. The fourth-order valence-corrected chi connectivity index (χ4v) is 3.03. The highest BCUT2D eigenvalue weighted by Gasteiger charge is 2.28. The molecule has 1 aliphatic carbocycles. The lowest BCUT2D eigenvalue weighted by molar-refractivity contribution is 0.507. The van der Waals surface area contributed by atoms with Gasteiger partial charge in [0.25, 0.3) is 0 Å². The molecular weight excluding hydrogens is 210 g/mol. The Kier molecular flexibility index (Phi) is 2.25. The van der Waals surface area contributed by atoms with Crippen LogP contribution < -0.4 is 0 Å². The summed E-state index contributed by atoms with van der Waals surface area (Å²) in [6.07, 6.45) is 2.51. The molecule has 3 nitrogen and oxygen atoms in total. The molecule has 0 fully saturated rings. The van der Waals surface area contributed by atoms with Crippen molar-refractivity contribution in [3.05, 3.63) is 28.8 Å². The van der Waals surface area contributed by atoms with E-state index in [1.54, 1.807) is 0 Å². The van der Waals surface area contributed by atoms with Crippen molar-refractivity contribution < 1.29 is 0 Å². The molecule has 2 heterocycles. The number of hydrogen-bond donors (Lipinski definition) is 0. The number of aromatic nitrogens is 3. The minimum absolute atomic E-state index is 0.572. The molecule has 0 radical (unpaired) electrons. The van der Waals surface area contributed by atoms with Gasteiger partial charge in [-0.2, -0.15) is 0 Å². The highest BCUT2D eigenvalue weighted by molar-refractivity contribution is 5.42. The highest BCUT2D eigenvalue weighted by atomic mass is 15.1. The first kappa shape index (κ1) is 10.8. The summed E-state index contributed by atoms with van der Waals surface area (Å²) in [4.78, 5) is 9.32. The van der Waals surface area contributed by atoms with Crippen LogP contribution in [0, 0.1) is 13.8 Å². The molecule has 3 rings (SSSR count). The SMILES string of the molecule is Cc1cc(C)n2c3c(nc2n1)C(C)CCC3C. The Morgan fingerprint density at radius 3 is 2.59 bits per heavy atom. The quantitative estimate of drug-likeness (QED) is 0.693. The second-order valence-electron chi connectivity index (χ2n) is 5.44. The lowest BCUT2D eigenvalue weighted by Gasteiger charge is -2.23. The number of hydrogen-bond acceptors (Lipinski definition) is 2. The van der Waals surface area contributed by atoms with Gasteiger partial charge in [0.05, 0.1) is 11.4 Å². The van der Waals surface area contributed by atoms with Crippen LogP contribution in [0.25, 0.3) is 5.78 Å². The monoisotopic (exact) mass is 229 g/mol. The maximum Gasteiger partial charge on any atom is 0.234 e. The third-order valence-corrected chi connectivity index (χ3v) is 3.94. The maximum absolute atomic E-state index is 4.76. The molecule has 90 valence electrons. The molecule has 17 heavy (non-hydrogen) atoms. The predicted molar refractivity (Wildman–Crippen MR) is 68.5 cm³/mol. The minimum atomic E-state index is 0.572. The standard InChI is InChI=1S/C14H19N3/c1-8-5-6-9(2)13-12(8)16-14-15-10(3)7-11(4)17(13)14/h7-9H,5-6H2,1-4H3. The fraction of sp³-hybridized carbons (Fsp3) is 0.571. The Balaban J connectivity index is 2.38. The van der Waals surface area contributed by atoms with Gasteiger partial charge in [-0.05, 0) is 38.7 Å². The Hall–Kier alpha value is -1.38. The molecule has 0 aliphatic heterocycles. The zero-order valence-corrected chi connectivity index (χ0v) is 11.0. The highest BCUT2D eigenvalue weighted by Crippen LogP contribution is 2.38. The molecule has 2 unspecified atom stereocenters. The van der Waals surface area contributed by atoms with Crippen molar-refractivity contribution in [3.8, 4) is 0 Å².